The van der Waals surface area contributed by atoms with Crippen molar-refractivity contribution in [2.24, 2.45) is 0 Å². The molecule has 0 aliphatic rings. The summed E-state index contributed by atoms with van der Waals surface area (Å²) < 4.78 is 6.64. The number of ether oxygens (including phenoxy) is 1. The third kappa shape index (κ3) is 2.27. The summed E-state index contributed by atoms with van der Waals surface area (Å²) >= 11 is 1.36. The lowest BCUT2D eigenvalue weighted by Crippen LogP contribution is -2.25. The van der Waals surface area contributed by atoms with Crippen LogP contribution in [-0.2, 0) is 16.1 Å². The van der Waals surface area contributed by atoms with Gasteiger partial charge in [-0.3, -0.25) is 14.2 Å². The Labute approximate surface area is 102 Å². The lowest BCUT2D eigenvalue weighted by atomic mass is 10.3. The number of Topliss-reactive ketones (excluding diaryl/α,β-unsaturated/α-hetero) is 1. The number of hydrogen-bond acceptors (Lipinski definition) is 5. The van der Waals surface area contributed by atoms with Crippen LogP contribution in [0.3, 0.4) is 0 Å². The number of aryl methyl sites for hydroxylation is 1. The Morgan fingerprint density at radius 2 is 2.35 bits per heavy atom. The van der Waals surface area contributed by atoms with Crippen LogP contribution >= 0.6 is 11.3 Å². The van der Waals surface area contributed by atoms with E-state index in [2.05, 4.69) is 4.98 Å². The smallest absolute Gasteiger partial charge is 0.271 e. The van der Waals surface area contributed by atoms with Gasteiger partial charge in [-0.2, -0.15) is 0 Å². The Hall–Kier alpha value is -1.53. The molecular formula is C11H12N2O3S. The molecule has 0 aliphatic heterocycles. The first-order valence-electron chi connectivity index (χ1n) is 5.07. The summed E-state index contributed by atoms with van der Waals surface area (Å²) in [5.74, 6) is -0.149. The van der Waals surface area contributed by atoms with Gasteiger partial charge in [0.25, 0.3) is 5.56 Å². The highest BCUT2D eigenvalue weighted by molar-refractivity contribution is 7.17. The molecule has 0 spiro atoms. The fraction of sp³-hybridized carbons (Fsp3) is 0.364. The number of hydrogen-bond donors (Lipinski definition) is 0. The topological polar surface area (TPSA) is 61.2 Å². The molecule has 2 rings (SSSR count). The maximum Gasteiger partial charge on any atom is 0.271 e. The molecule has 0 aliphatic carbocycles. The Balaban J connectivity index is 2.40. The Bertz CT molecular complexity index is 615. The van der Waals surface area contributed by atoms with Crippen LogP contribution in [0.2, 0.25) is 0 Å². The summed E-state index contributed by atoms with van der Waals surface area (Å²) in [5.41, 5.74) is 1.53. The Morgan fingerprint density at radius 1 is 1.59 bits per heavy atom. The molecule has 2 heterocycles. The van der Waals surface area contributed by atoms with Crippen LogP contribution in [0.4, 0.5) is 0 Å². The van der Waals surface area contributed by atoms with Gasteiger partial charge in [-0.25, -0.2) is 4.98 Å². The second-order valence-corrected chi connectivity index (χ2v) is 4.63. The van der Waals surface area contributed by atoms with Crippen LogP contribution in [0.15, 0.2) is 16.5 Å². The number of carbonyl (C=O) groups excluding carboxylic acids is 1. The Morgan fingerprint density at radius 3 is 3.06 bits per heavy atom. The van der Waals surface area contributed by atoms with E-state index in [1.165, 1.54) is 29.3 Å². The van der Waals surface area contributed by atoms with Crippen LogP contribution in [0, 0.1) is 6.92 Å². The first-order valence-corrected chi connectivity index (χ1v) is 5.95. The number of nitrogens with zero attached hydrogens (tertiary/aromatic N) is 2. The van der Waals surface area contributed by atoms with Gasteiger partial charge in [0.15, 0.2) is 5.78 Å². The highest BCUT2D eigenvalue weighted by Gasteiger charge is 2.10. The van der Waals surface area contributed by atoms with Gasteiger partial charge in [0.1, 0.15) is 11.3 Å². The summed E-state index contributed by atoms with van der Waals surface area (Å²) in [6, 6.07) is 0. The normalized spacial score (nSPS) is 10.9. The summed E-state index contributed by atoms with van der Waals surface area (Å²) in [4.78, 5) is 27.6. The minimum atomic E-state index is -0.169. The number of fused-ring (bicyclic) bond motifs is 1. The summed E-state index contributed by atoms with van der Waals surface area (Å²) in [7, 11) is 1.45. The van der Waals surface area contributed by atoms with E-state index in [9.17, 15) is 9.59 Å². The van der Waals surface area contributed by atoms with Crippen molar-refractivity contribution in [3.63, 3.8) is 0 Å². The van der Waals surface area contributed by atoms with Crippen LogP contribution in [-0.4, -0.2) is 29.1 Å². The van der Waals surface area contributed by atoms with E-state index in [1.54, 1.807) is 0 Å². The average Bonchev–Trinajstić information content (AvgIpc) is 2.66. The molecule has 17 heavy (non-hydrogen) atoms. The number of thiophene rings is 1. The molecule has 6 heteroatoms. The van der Waals surface area contributed by atoms with Crippen molar-refractivity contribution in [2.75, 3.05) is 13.7 Å². The van der Waals surface area contributed by atoms with Gasteiger partial charge < -0.3 is 4.74 Å². The molecule has 0 atom stereocenters. The van der Waals surface area contributed by atoms with E-state index in [0.29, 0.717) is 4.70 Å². The maximum atomic E-state index is 12.0. The maximum absolute atomic E-state index is 12.0. The molecule has 2 aromatic rings. The molecule has 2 aromatic heterocycles. The predicted molar refractivity (Wildman–Crippen MR) is 65.5 cm³/mol. The van der Waals surface area contributed by atoms with Gasteiger partial charge in [-0.15, -0.1) is 11.3 Å². The van der Waals surface area contributed by atoms with Crippen molar-refractivity contribution < 1.29 is 9.53 Å². The van der Waals surface area contributed by atoms with Gasteiger partial charge in [-0.05, 0) is 17.9 Å². The van der Waals surface area contributed by atoms with Gasteiger partial charge in [0, 0.05) is 7.11 Å². The van der Waals surface area contributed by atoms with E-state index >= 15 is 0 Å². The van der Waals surface area contributed by atoms with Gasteiger partial charge >= 0.3 is 0 Å². The lowest BCUT2D eigenvalue weighted by molar-refractivity contribution is -0.123. The summed E-state index contributed by atoms with van der Waals surface area (Å²) in [5, 5.41) is 1.89. The molecule has 0 aromatic carbocycles. The van der Waals surface area contributed by atoms with Gasteiger partial charge in [-0.1, -0.05) is 0 Å². The third-order valence-electron chi connectivity index (χ3n) is 2.38. The molecule has 0 fully saturated rings. The standard InChI is InChI=1S/C11H12N2O3S/c1-7-5-17-10-9(7)12-6-13(11(10)15)3-8(14)4-16-2/h5-6H,3-4H2,1-2H3. The monoisotopic (exact) mass is 252 g/mol. The zero-order valence-corrected chi connectivity index (χ0v) is 10.4. The van der Waals surface area contributed by atoms with E-state index in [0.717, 1.165) is 11.1 Å². The van der Waals surface area contributed by atoms with E-state index < -0.39 is 0 Å². The van der Waals surface area contributed by atoms with Crippen molar-refractivity contribution in [2.45, 2.75) is 13.5 Å². The fourth-order valence-electron chi connectivity index (χ4n) is 1.57. The average molecular weight is 252 g/mol. The zero-order chi connectivity index (χ0) is 12.4. The summed E-state index contributed by atoms with van der Waals surface area (Å²) in [6.07, 6.45) is 1.41. The number of aromatic nitrogens is 2. The SMILES string of the molecule is COCC(=O)Cn1cnc2c(C)csc2c1=O. The molecular weight excluding hydrogens is 240 g/mol. The third-order valence-corrected chi connectivity index (χ3v) is 3.45. The van der Waals surface area contributed by atoms with E-state index in [1.807, 2.05) is 12.3 Å². The van der Waals surface area contributed by atoms with Gasteiger partial charge in [0.2, 0.25) is 0 Å². The molecule has 90 valence electrons. The van der Waals surface area contributed by atoms with Crippen LogP contribution in [0.1, 0.15) is 5.56 Å². The van der Waals surface area contributed by atoms with Crippen molar-refractivity contribution in [1.82, 2.24) is 9.55 Å². The highest BCUT2D eigenvalue weighted by atomic mass is 32.1. The summed E-state index contributed by atoms with van der Waals surface area (Å²) in [6.45, 7) is 1.92. The molecule has 0 saturated carbocycles. The minimum absolute atomic E-state index is 0.00651. The number of rotatable bonds is 4. The van der Waals surface area contributed by atoms with Crippen molar-refractivity contribution in [3.05, 3.63) is 27.6 Å². The molecule has 0 N–H and O–H groups in total. The quantitative estimate of drug-likeness (QED) is 0.814. The van der Waals surface area contributed by atoms with Crippen LogP contribution in [0.5, 0.6) is 0 Å². The Kier molecular flexibility index (Phi) is 3.35. The van der Waals surface area contributed by atoms with Gasteiger partial charge in [0.05, 0.1) is 18.4 Å². The number of methoxy groups -OCH3 is 1. The fourth-order valence-corrected chi connectivity index (χ4v) is 2.52. The molecule has 5 nitrogen and oxygen atoms in total. The molecule has 0 radical (unpaired) electrons. The van der Waals surface area contributed by atoms with E-state index in [-0.39, 0.29) is 24.5 Å². The predicted octanol–water partition coefficient (Wildman–Crippen LogP) is 0.982. The first kappa shape index (κ1) is 11.9. The molecule has 0 unspecified atom stereocenters. The van der Waals surface area contributed by atoms with E-state index in [4.69, 9.17) is 4.74 Å². The first-order chi connectivity index (χ1) is 8.13. The largest absolute Gasteiger partial charge is 0.377 e. The van der Waals surface area contributed by atoms with Crippen LogP contribution < -0.4 is 5.56 Å². The number of ketones is 1. The highest BCUT2D eigenvalue weighted by Crippen LogP contribution is 2.19. The van der Waals surface area contributed by atoms with Crippen molar-refractivity contribution in [3.8, 4) is 0 Å². The van der Waals surface area contributed by atoms with Crippen molar-refractivity contribution >= 4 is 27.3 Å². The zero-order valence-electron chi connectivity index (χ0n) is 9.60. The lowest BCUT2D eigenvalue weighted by Gasteiger charge is -2.03. The second kappa shape index (κ2) is 4.77. The minimum Gasteiger partial charge on any atom is -0.377 e. The second-order valence-electron chi connectivity index (χ2n) is 3.75. The number of carbonyl (C=O) groups is 1. The molecule has 0 bridgehead atoms. The van der Waals surface area contributed by atoms with Crippen LogP contribution in [0.25, 0.3) is 10.2 Å². The molecule has 0 amide bonds. The van der Waals surface area contributed by atoms with Crippen molar-refractivity contribution in [1.29, 1.82) is 0 Å². The molecule has 0 saturated heterocycles.